The van der Waals surface area contributed by atoms with Crippen LogP contribution in [0, 0.1) is 0 Å². The summed E-state index contributed by atoms with van der Waals surface area (Å²) >= 11 is 6.02. The molecule has 2 aromatic rings. The Kier molecular flexibility index (Phi) is 1.71. The number of nitrogens with one attached hydrogen (secondary N) is 1. The molecular weight excluding hydrogens is 248 g/mol. The van der Waals surface area contributed by atoms with E-state index in [1.54, 1.807) is 18.2 Å². The number of hydrogen-bond donors (Lipinski definition) is 2. The zero-order valence-electron chi connectivity index (χ0n) is 7.99. The third-order valence-electron chi connectivity index (χ3n) is 2.63. The molecule has 16 heavy (non-hydrogen) atoms. The third kappa shape index (κ3) is 1.07. The monoisotopic (exact) mass is 254 g/mol. The summed E-state index contributed by atoms with van der Waals surface area (Å²) in [5.41, 5.74) is 6.51. The maximum Gasteiger partial charge on any atom is 0.262 e. The largest absolute Gasteiger partial charge is 0.397 e. The Bertz CT molecular complexity index is 725. The lowest BCUT2D eigenvalue weighted by molar-refractivity contribution is 0.603. The molecule has 4 nitrogen and oxygen atoms in total. The van der Waals surface area contributed by atoms with Gasteiger partial charge in [-0.05, 0) is 12.1 Å². The van der Waals surface area contributed by atoms with Crippen LogP contribution < -0.4 is 10.5 Å². The van der Waals surface area contributed by atoms with E-state index in [1.807, 2.05) is 0 Å². The summed E-state index contributed by atoms with van der Waals surface area (Å²) in [5, 5.41) is 1.72. The first-order chi connectivity index (χ1) is 7.50. The SMILES string of the molecule is Nc1cc(Cl)c2cccc3c2c1NS3(=O)=O. The molecule has 0 aromatic heterocycles. The highest BCUT2D eigenvalue weighted by molar-refractivity contribution is 7.93. The maximum atomic E-state index is 11.8. The Hall–Kier alpha value is -1.46. The van der Waals surface area contributed by atoms with E-state index in [0.717, 1.165) is 0 Å². The van der Waals surface area contributed by atoms with Crippen LogP contribution in [0.3, 0.4) is 0 Å². The van der Waals surface area contributed by atoms with Crippen LogP contribution in [0.2, 0.25) is 5.02 Å². The van der Waals surface area contributed by atoms with Crippen LogP contribution in [-0.2, 0) is 10.0 Å². The predicted octanol–water partition coefficient (Wildman–Crippen LogP) is 2.19. The van der Waals surface area contributed by atoms with Crippen LogP contribution >= 0.6 is 11.6 Å². The fraction of sp³-hybridized carbons (Fsp3) is 0. The van der Waals surface area contributed by atoms with Crippen molar-refractivity contribution < 1.29 is 8.42 Å². The number of benzene rings is 2. The Morgan fingerprint density at radius 2 is 2.06 bits per heavy atom. The van der Waals surface area contributed by atoms with E-state index in [2.05, 4.69) is 4.72 Å². The Labute approximate surface area is 97.1 Å². The second-order valence-electron chi connectivity index (χ2n) is 3.61. The highest BCUT2D eigenvalue weighted by Crippen LogP contribution is 2.43. The molecule has 0 atom stereocenters. The van der Waals surface area contributed by atoms with Gasteiger partial charge in [0, 0.05) is 10.8 Å². The highest BCUT2D eigenvalue weighted by Gasteiger charge is 2.29. The van der Waals surface area contributed by atoms with Gasteiger partial charge in [0.25, 0.3) is 10.0 Å². The molecule has 0 aliphatic carbocycles. The van der Waals surface area contributed by atoms with E-state index in [-0.39, 0.29) is 4.90 Å². The summed E-state index contributed by atoms with van der Waals surface area (Å²) in [5.74, 6) is 0. The predicted molar refractivity (Wildman–Crippen MR) is 64.2 cm³/mol. The van der Waals surface area contributed by atoms with Gasteiger partial charge in [-0.25, -0.2) is 8.42 Å². The van der Waals surface area contributed by atoms with Crippen LogP contribution in [0.25, 0.3) is 10.8 Å². The van der Waals surface area contributed by atoms with Gasteiger partial charge >= 0.3 is 0 Å². The van der Waals surface area contributed by atoms with Gasteiger partial charge in [-0.1, -0.05) is 23.7 Å². The molecule has 0 spiro atoms. The molecule has 1 heterocycles. The van der Waals surface area contributed by atoms with E-state index in [1.165, 1.54) is 6.07 Å². The molecule has 1 aliphatic rings. The lowest BCUT2D eigenvalue weighted by atomic mass is 10.1. The molecule has 6 heteroatoms. The smallest absolute Gasteiger partial charge is 0.262 e. The van der Waals surface area contributed by atoms with Crippen molar-refractivity contribution in [2.24, 2.45) is 0 Å². The van der Waals surface area contributed by atoms with Crippen molar-refractivity contribution >= 4 is 43.8 Å². The van der Waals surface area contributed by atoms with Crippen molar-refractivity contribution in [1.29, 1.82) is 0 Å². The number of hydrogen-bond acceptors (Lipinski definition) is 3. The van der Waals surface area contributed by atoms with Crippen molar-refractivity contribution in [2.45, 2.75) is 4.90 Å². The summed E-state index contributed by atoms with van der Waals surface area (Å²) < 4.78 is 26.0. The van der Waals surface area contributed by atoms with E-state index < -0.39 is 10.0 Å². The molecule has 0 saturated heterocycles. The van der Waals surface area contributed by atoms with Gasteiger partial charge in [0.2, 0.25) is 0 Å². The zero-order valence-corrected chi connectivity index (χ0v) is 9.56. The van der Waals surface area contributed by atoms with Crippen molar-refractivity contribution in [3.05, 3.63) is 29.3 Å². The number of nitrogens with two attached hydrogens (primary N) is 1. The van der Waals surface area contributed by atoms with Crippen molar-refractivity contribution in [2.75, 3.05) is 10.5 Å². The molecule has 0 bridgehead atoms. The molecule has 0 unspecified atom stereocenters. The van der Waals surface area contributed by atoms with Gasteiger partial charge in [0.15, 0.2) is 0 Å². The third-order valence-corrected chi connectivity index (χ3v) is 4.34. The number of anilines is 2. The molecular formula is C10H7ClN2O2S. The maximum absolute atomic E-state index is 11.8. The summed E-state index contributed by atoms with van der Waals surface area (Å²) in [6.45, 7) is 0. The Balaban J connectivity index is 2.65. The molecule has 3 rings (SSSR count). The Morgan fingerprint density at radius 1 is 1.31 bits per heavy atom. The van der Waals surface area contributed by atoms with Gasteiger partial charge in [-0.3, -0.25) is 4.72 Å². The Morgan fingerprint density at radius 3 is 2.81 bits per heavy atom. The van der Waals surface area contributed by atoms with Crippen molar-refractivity contribution in [1.82, 2.24) is 0 Å². The van der Waals surface area contributed by atoms with Gasteiger partial charge in [-0.15, -0.1) is 0 Å². The van der Waals surface area contributed by atoms with Gasteiger partial charge in [0.1, 0.15) is 0 Å². The van der Waals surface area contributed by atoms with Crippen LogP contribution in [0.4, 0.5) is 11.4 Å². The second kappa shape index (κ2) is 2.81. The number of halogens is 1. The average molecular weight is 255 g/mol. The van der Waals surface area contributed by atoms with E-state index in [9.17, 15) is 8.42 Å². The normalized spacial score (nSPS) is 16.3. The first-order valence-electron chi connectivity index (χ1n) is 4.54. The lowest BCUT2D eigenvalue weighted by Gasteiger charge is -2.04. The van der Waals surface area contributed by atoms with Crippen LogP contribution in [0.1, 0.15) is 0 Å². The van der Waals surface area contributed by atoms with E-state index in [0.29, 0.717) is 27.2 Å². The number of rotatable bonds is 0. The van der Waals surface area contributed by atoms with E-state index in [4.69, 9.17) is 17.3 Å². The molecule has 2 aromatic carbocycles. The topological polar surface area (TPSA) is 72.2 Å². The first kappa shape index (κ1) is 9.74. The minimum atomic E-state index is -3.49. The molecule has 0 fully saturated rings. The minimum Gasteiger partial charge on any atom is -0.397 e. The lowest BCUT2D eigenvalue weighted by Crippen LogP contribution is -2.07. The highest BCUT2D eigenvalue weighted by atomic mass is 35.5. The average Bonchev–Trinajstić information content (AvgIpc) is 2.50. The van der Waals surface area contributed by atoms with Crippen LogP contribution in [-0.4, -0.2) is 8.42 Å². The summed E-state index contributed by atoms with van der Waals surface area (Å²) in [6.07, 6.45) is 0. The van der Waals surface area contributed by atoms with Gasteiger partial charge in [-0.2, -0.15) is 0 Å². The fourth-order valence-electron chi connectivity index (χ4n) is 1.94. The van der Waals surface area contributed by atoms with E-state index >= 15 is 0 Å². The van der Waals surface area contributed by atoms with Crippen LogP contribution in [0.5, 0.6) is 0 Å². The van der Waals surface area contributed by atoms with Gasteiger partial charge < -0.3 is 5.73 Å². The van der Waals surface area contributed by atoms with Crippen LogP contribution in [0.15, 0.2) is 29.2 Å². The number of sulfonamides is 1. The molecule has 3 N–H and O–H groups in total. The number of nitrogen functional groups attached to an aromatic ring is 1. The van der Waals surface area contributed by atoms with Crippen molar-refractivity contribution in [3.63, 3.8) is 0 Å². The summed E-state index contributed by atoms with van der Waals surface area (Å²) in [7, 11) is -3.49. The quantitative estimate of drug-likeness (QED) is 0.708. The minimum absolute atomic E-state index is 0.231. The summed E-state index contributed by atoms with van der Waals surface area (Å²) in [4.78, 5) is 0.231. The first-order valence-corrected chi connectivity index (χ1v) is 6.40. The molecule has 0 saturated carbocycles. The van der Waals surface area contributed by atoms with Crippen molar-refractivity contribution in [3.8, 4) is 0 Å². The standard InChI is InChI=1S/C10H7ClN2O2S/c11-6-4-7(12)10-9-5(6)2-1-3-8(9)16(14,15)13-10/h1-4,13H,12H2. The fourth-order valence-corrected chi connectivity index (χ4v) is 3.55. The molecule has 0 amide bonds. The second-order valence-corrected chi connectivity index (χ2v) is 5.66. The zero-order chi connectivity index (χ0) is 11.5. The summed E-state index contributed by atoms with van der Waals surface area (Å²) in [6, 6.07) is 6.52. The molecule has 0 radical (unpaired) electrons. The molecule has 82 valence electrons. The van der Waals surface area contributed by atoms with Gasteiger partial charge in [0.05, 0.1) is 21.3 Å². The molecule has 1 aliphatic heterocycles.